The van der Waals surface area contributed by atoms with Crippen molar-refractivity contribution in [2.45, 2.75) is 53.4 Å². The van der Waals surface area contributed by atoms with Crippen LogP contribution in [-0.2, 0) is 29.8 Å². The molecule has 0 N–H and O–H groups in total. The molecular formula is C36H46O5Si2. The minimum atomic E-state index is -2.20. The topological polar surface area (TPSA) is 46.2 Å². The van der Waals surface area contributed by atoms with Crippen LogP contribution in [0.25, 0.3) is 0 Å². The Morgan fingerprint density at radius 2 is 0.628 bits per heavy atom. The number of ether oxygens (including phenoxy) is 4. The molecule has 0 aliphatic heterocycles. The highest BCUT2D eigenvalue weighted by atomic mass is 28.4. The number of methoxy groups -OCH3 is 4. The summed E-state index contributed by atoms with van der Waals surface area (Å²) in [7, 11) is 2.57. The maximum Gasteiger partial charge on any atom is 0.228 e. The van der Waals surface area contributed by atoms with Crippen molar-refractivity contribution in [3.8, 4) is 23.0 Å². The van der Waals surface area contributed by atoms with Crippen molar-refractivity contribution in [2.75, 3.05) is 28.4 Å². The zero-order chi connectivity index (χ0) is 30.9. The van der Waals surface area contributed by atoms with E-state index in [2.05, 4.69) is 100 Å². The van der Waals surface area contributed by atoms with E-state index >= 15 is 0 Å². The lowest BCUT2D eigenvalue weighted by molar-refractivity contribution is 0.410. The van der Waals surface area contributed by atoms with Crippen LogP contribution in [0.2, 0.25) is 0 Å². The highest BCUT2D eigenvalue weighted by Gasteiger charge is 2.29. The largest absolute Gasteiger partial charge is 0.496 e. The third-order valence-corrected chi connectivity index (χ3v) is 14.3. The first-order valence-corrected chi connectivity index (χ1v) is 18.5. The number of benzene rings is 4. The molecule has 4 aromatic rings. The van der Waals surface area contributed by atoms with Crippen molar-refractivity contribution >= 4 is 38.8 Å². The molecular weight excluding hydrogens is 569 g/mol. The van der Waals surface area contributed by atoms with Gasteiger partial charge in [0.1, 0.15) is 23.0 Å². The Hall–Kier alpha value is -3.53. The summed E-state index contributed by atoms with van der Waals surface area (Å²) in [5.41, 5.74) is 4.77. The van der Waals surface area contributed by atoms with Gasteiger partial charge in [0.15, 0.2) is 0 Å². The van der Waals surface area contributed by atoms with Gasteiger partial charge in [-0.1, -0.05) is 76.2 Å². The molecule has 0 radical (unpaired) electrons. The van der Waals surface area contributed by atoms with Gasteiger partial charge in [-0.3, -0.25) is 0 Å². The Kier molecular flexibility index (Phi) is 11.5. The molecule has 228 valence electrons. The van der Waals surface area contributed by atoms with Crippen LogP contribution in [0, 0.1) is 0 Å². The minimum absolute atomic E-state index is 0.887. The molecule has 0 aliphatic rings. The van der Waals surface area contributed by atoms with Gasteiger partial charge in [-0.25, -0.2) is 0 Å². The highest BCUT2D eigenvalue weighted by molar-refractivity contribution is 6.91. The summed E-state index contributed by atoms with van der Waals surface area (Å²) >= 11 is 0. The first kappa shape index (κ1) is 32.4. The predicted molar refractivity (Wildman–Crippen MR) is 183 cm³/mol. The van der Waals surface area contributed by atoms with E-state index < -0.39 is 18.1 Å². The molecule has 0 fully saturated rings. The first-order chi connectivity index (χ1) is 20.9. The first-order valence-electron chi connectivity index (χ1n) is 15.3. The van der Waals surface area contributed by atoms with Gasteiger partial charge in [-0.05, 0) is 92.9 Å². The van der Waals surface area contributed by atoms with Crippen molar-refractivity contribution in [3.05, 3.63) is 95.1 Å². The molecule has 0 unspecified atom stereocenters. The van der Waals surface area contributed by atoms with Crippen LogP contribution in [0.5, 0.6) is 23.0 Å². The van der Waals surface area contributed by atoms with Gasteiger partial charge in [-0.15, -0.1) is 0 Å². The molecule has 0 aliphatic carbocycles. The number of hydrogen-bond acceptors (Lipinski definition) is 5. The van der Waals surface area contributed by atoms with E-state index in [1.807, 2.05) is 0 Å². The number of aryl methyl sites for hydroxylation is 4. The van der Waals surface area contributed by atoms with Gasteiger partial charge in [0.05, 0.1) is 28.4 Å². The van der Waals surface area contributed by atoms with E-state index in [0.29, 0.717) is 0 Å². The second kappa shape index (κ2) is 15.3. The maximum absolute atomic E-state index is 7.60. The smallest absolute Gasteiger partial charge is 0.228 e. The van der Waals surface area contributed by atoms with Gasteiger partial charge >= 0.3 is 0 Å². The molecule has 0 spiro atoms. The molecule has 0 saturated carbocycles. The van der Waals surface area contributed by atoms with Crippen molar-refractivity contribution in [3.63, 3.8) is 0 Å². The summed E-state index contributed by atoms with van der Waals surface area (Å²) in [5, 5.41) is 4.98. The lowest BCUT2D eigenvalue weighted by Crippen LogP contribution is -2.56. The molecule has 0 heterocycles. The van der Waals surface area contributed by atoms with Crippen LogP contribution in [0.4, 0.5) is 0 Å². The normalized spacial score (nSPS) is 11.2. The Morgan fingerprint density at radius 1 is 0.395 bits per heavy atom. The molecule has 0 aromatic heterocycles. The van der Waals surface area contributed by atoms with E-state index in [1.54, 1.807) is 28.4 Å². The number of hydrogen-bond donors (Lipinski definition) is 0. The molecule has 0 amide bonds. The van der Waals surface area contributed by atoms with Crippen LogP contribution < -0.4 is 39.7 Å². The molecule has 4 rings (SSSR count). The van der Waals surface area contributed by atoms with Gasteiger partial charge in [0.25, 0.3) is 0 Å². The zero-order valence-electron chi connectivity index (χ0n) is 27.0. The van der Waals surface area contributed by atoms with Gasteiger partial charge in [-0.2, -0.15) is 0 Å². The fourth-order valence-corrected chi connectivity index (χ4v) is 12.7. The van der Waals surface area contributed by atoms with Crippen molar-refractivity contribution in [1.29, 1.82) is 0 Å². The molecule has 0 saturated heterocycles. The lowest BCUT2D eigenvalue weighted by Gasteiger charge is -2.27. The van der Waals surface area contributed by atoms with Crippen LogP contribution >= 0.6 is 0 Å². The standard InChI is InChI=1S/C36H46O5Si2/c1-9-25-21-29(13-17-33(25)37-5)42(30-14-18-34(38-6)26(10-2)22-30)41-43(31-15-19-35(39-7)27(11-3)23-31)32-16-20-36(40-8)28(12-4)24-32/h13-24,42-43H,9-12H2,1-8H3. The molecule has 0 atom stereocenters. The quantitative estimate of drug-likeness (QED) is 0.198. The van der Waals surface area contributed by atoms with Crippen molar-refractivity contribution in [2.24, 2.45) is 0 Å². The van der Waals surface area contributed by atoms with Gasteiger partial charge < -0.3 is 23.1 Å². The minimum Gasteiger partial charge on any atom is -0.496 e. The van der Waals surface area contributed by atoms with E-state index in [9.17, 15) is 0 Å². The maximum atomic E-state index is 7.60. The van der Waals surface area contributed by atoms with Crippen LogP contribution in [0.3, 0.4) is 0 Å². The fourth-order valence-electron chi connectivity index (χ4n) is 5.79. The molecule has 7 heteroatoms. The summed E-state index contributed by atoms with van der Waals surface area (Å²) in [5.74, 6) is 3.68. The average molecular weight is 615 g/mol. The summed E-state index contributed by atoms with van der Waals surface area (Å²) in [6.07, 6.45) is 3.55. The highest BCUT2D eigenvalue weighted by Crippen LogP contribution is 2.22. The zero-order valence-corrected chi connectivity index (χ0v) is 29.3. The monoisotopic (exact) mass is 614 g/mol. The summed E-state index contributed by atoms with van der Waals surface area (Å²) in [6.45, 7) is 8.69. The van der Waals surface area contributed by atoms with Gasteiger partial charge in [0.2, 0.25) is 18.1 Å². The average Bonchev–Trinajstić information content (AvgIpc) is 3.07. The summed E-state index contributed by atoms with van der Waals surface area (Å²) < 4.78 is 30.4. The third-order valence-electron chi connectivity index (χ3n) is 8.22. The van der Waals surface area contributed by atoms with Crippen LogP contribution in [0.1, 0.15) is 49.9 Å². The summed E-state index contributed by atoms with van der Waals surface area (Å²) in [4.78, 5) is 0. The Morgan fingerprint density at radius 3 is 0.814 bits per heavy atom. The fraction of sp³-hybridized carbons (Fsp3) is 0.333. The van der Waals surface area contributed by atoms with Crippen molar-refractivity contribution in [1.82, 2.24) is 0 Å². The van der Waals surface area contributed by atoms with E-state index in [-0.39, 0.29) is 0 Å². The van der Waals surface area contributed by atoms with E-state index in [4.69, 9.17) is 23.1 Å². The predicted octanol–water partition coefficient (Wildman–Crippen LogP) is 4.36. The van der Waals surface area contributed by atoms with Crippen LogP contribution in [0.15, 0.2) is 72.8 Å². The van der Waals surface area contributed by atoms with E-state index in [0.717, 1.165) is 48.7 Å². The molecule has 0 bridgehead atoms. The lowest BCUT2D eigenvalue weighted by atomic mass is 10.1. The molecule has 4 aromatic carbocycles. The Bertz CT molecular complexity index is 1300. The Labute approximate surface area is 261 Å². The summed E-state index contributed by atoms with van der Waals surface area (Å²) in [6, 6.07) is 26.4. The van der Waals surface area contributed by atoms with Crippen molar-refractivity contribution < 1.29 is 23.1 Å². The molecule has 5 nitrogen and oxygen atoms in total. The second-order valence-corrected chi connectivity index (χ2v) is 15.9. The van der Waals surface area contributed by atoms with Crippen LogP contribution in [-0.4, -0.2) is 46.5 Å². The van der Waals surface area contributed by atoms with Gasteiger partial charge in [0, 0.05) is 0 Å². The third kappa shape index (κ3) is 7.17. The van der Waals surface area contributed by atoms with E-state index in [1.165, 1.54) is 43.0 Å². The Balaban J connectivity index is 1.94. The number of rotatable bonds is 14. The SMILES string of the molecule is CCc1cc([SiH](O[SiH](c2ccc(OC)c(CC)c2)c2ccc(OC)c(CC)c2)c2ccc(OC)c(CC)c2)ccc1OC. The second-order valence-electron chi connectivity index (χ2n) is 10.6. The molecule has 43 heavy (non-hydrogen) atoms.